The van der Waals surface area contributed by atoms with E-state index in [0.717, 1.165) is 11.4 Å². The largest absolute Gasteiger partial charge is 0.312 e. The molecule has 2 aromatic rings. The number of carbonyl (C=O) groups excluding carboxylic acids is 2. The van der Waals surface area contributed by atoms with E-state index in [9.17, 15) is 9.59 Å². The quantitative estimate of drug-likeness (QED) is 0.812. The van der Waals surface area contributed by atoms with Gasteiger partial charge in [0.2, 0.25) is 5.91 Å². The van der Waals surface area contributed by atoms with Crippen LogP contribution in [0.4, 0.5) is 11.4 Å². The standard InChI is InChI=1S/C16H13ClN2O2/c1-18-13-4-2-3-5-14(13)19(10-15(18)20)16(21)11-6-8-12(17)9-7-11/h2-9H,10H2,1H3. The molecule has 0 N–H and O–H groups in total. The summed E-state index contributed by atoms with van der Waals surface area (Å²) in [6, 6.07) is 14.0. The minimum absolute atomic E-state index is 0.0367. The van der Waals surface area contributed by atoms with E-state index >= 15 is 0 Å². The van der Waals surface area contributed by atoms with Crippen molar-refractivity contribution >= 4 is 34.8 Å². The van der Waals surface area contributed by atoms with Crippen molar-refractivity contribution in [3.05, 3.63) is 59.1 Å². The van der Waals surface area contributed by atoms with Gasteiger partial charge in [0.1, 0.15) is 6.54 Å². The van der Waals surface area contributed by atoms with Crippen LogP contribution in [0.3, 0.4) is 0 Å². The van der Waals surface area contributed by atoms with Gasteiger partial charge in [0.15, 0.2) is 0 Å². The molecular weight excluding hydrogens is 288 g/mol. The van der Waals surface area contributed by atoms with Crippen LogP contribution in [0.5, 0.6) is 0 Å². The number of hydrogen-bond donors (Lipinski definition) is 0. The minimum Gasteiger partial charge on any atom is -0.312 e. The molecule has 0 spiro atoms. The molecule has 1 heterocycles. The molecule has 3 rings (SSSR count). The maximum Gasteiger partial charge on any atom is 0.258 e. The molecule has 0 fully saturated rings. The number of halogens is 1. The van der Waals surface area contributed by atoms with E-state index < -0.39 is 0 Å². The van der Waals surface area contributed by atoms with Gasteiger partial charge in [-0.05, 0) is 36.4 Å². The van der Waals surface area contributed by atoms with Gasteiger partial charge in [-0.25, -0.2) is 0 Å². The molecule has 1 aliphatic rings. The second-order valence-corrected chi connectivity index (χ2v) is 5.28. The summed E-state index contributed by atoms with van der Waals surface area (Å²) in [4.78, 5) is 27.8. The van der Waals surface area contributed by atoms with Crippen LogP contribution in [-0.4, -0.2) is 25.4 Å². The maximum absolute atomic E-state index is 12.6. The van der Waals surface area contributed by atoms with Crippen LogP contribution in [0.15, 0.2) is 48.5 Å². The third kappa shape index (κ3) is 2.38. The number of fused-ring (bicyclic) bond motifs is 1. The van der Waals surface area contributed by atoms with Crippen LogP contribution < -0.4 is 9.80 Å². The molecule has 0 aliphatic carbocycles. The lowest BCUT2D eigenvalue weighted by Gasteiger charge is -2.34. The smallest absolute Gasteiger partial charge is 0.258 e. The van der Waals surface area contributed by atoms with Crippen molar-refractivity contribution < 1.29 is 9.59 Å². The summed E-state index contributed by atoms with van der Waals surface area (Å²) < 4.78 is 0. The number of anilines is 2. The normalized spacial score (nSPS) is 14.1. The zero-order chi connectivity index (χ0) is 15.0. The highest BCUT2D eigenvalue weighted by Crippen LogP contribution is 2.33. The Hall–Kier alpha value is -2.33. The van der Waals surface area contributed by atoms with Gasteiger partial charge >= 0.3 is 0 Å². The van der Waals surface area contributed by atoms with E-state index in [1.54, 1.807) is 36.2 Å². The Morgan fingerprint density at radius 2 is 1.67 bits per heavy atom. The Labute approximate surface area is 127 Å². The molecule has 5 heteroatoms. The summed E-state index contributed by atoms with van der Waals surface area (Å²) in [5.74, 6) is -0.323. The lowest BCUT2D eigenvalue weighted by Crippen LogP contribution is -2.46. The average molecular weight is 301 g/mol. The first-order valence-electron chi connectivity index (χ1n) is 6.51. The molecule has 2 aromatic carbocycles. The highest BCUT2D eigenvalue weighted by atomic mass is 35.5. The molecule has 0 atom stereocenters. The molecule has 0 radical (unpaired) electrons. The Kier molecular flexibility index (Phi) is 3.39. The Bertz CT molecular complexity index is 712. The van der Waals surface area contributed by atoms with Gasteiger partial charge in [-0.3, -0.25) is 14.5 Å². The van der Waals surface area contributed by atoms with Crippen molar-refractivity contribution in [3.63, 3.8) is 0 Å². The predicted octanol–water partition coefficient (Wildman–Crippen LogP) is 2.96. The van der Waals surface area contributed by atoms with E-state index in [1.165, 1.54) is 4.90 Å². The Morgan fingerprint density at radius 3 is 2.33 bits per heavy atom. The second-order valence-electron chi connectivity index (χ2n) is 4.84. The molecule has 2 amide bonds. The summed E-state index contributed by atoms with van der Waals surface area (Å²) in [5.41, 5.74) is 1.97. The fourth-order valence-electron chi connectivity index (χ4n) is 2.37. The van der Waals surface area contributed by atoms with Crippen LogP contribution in [0.2, 0.25) is 5.02 Å². The first-order chi connectivity index (χ1) is 10.1. The third-order valence-electron chi connectivity index (χ3n) is 3.54. The molecule has 0 aromatic heterocycles. The number of rotatable bonds is 1. The first kappa shape index (κ1) is 13.6. The number of benzene rings is 2. The second kappa shape index (κ2) is 5.22. The lowest BCUT2D eigenvalue weighted by molar-refractivity contribution is -0.117. The number of amides is 2. The number of carbonyl (C=O) groups is 2. The highest BCUT2D eigenvalue weighted by Gasteiger charge is 2.30. The van der Waals surface area contributed by atoms with Crippen molar-refractivity contribution in [2.24, 2.45) is 0 Å². The van der Waals surface area contributed by atoms with E-state index in [1.807, 2.05) is 24.3 Å². The van der Waals surface area contributed by atoms with E-state index in [-0.39, 0.29) is 18.4 Å². The molecule has 4 nitrogen and oxygen atoms in total. The number of likely N-dealkylation sites (N-methyl/N-ethyl adjacent to an activating group) is 1. The molecule has 21 heavy (non-hydrogen) atoms. The van der Waals surface area contributed by atoms with Crippen molar-refractivity contribution in [2.75, 3.05) is 23.4 Å². The highest BCUT2D eigenvalue weighted by molar-refractivity contribution is 6.30. The molecule has 0 saturated carbocycles. The van der Waals surface area contributed by atoms with Gasteiger partial charge in [-0.1, -0.05) is 23.7 Å². The molecule has 0 bridgehead atoms. The van der Waals surface area contributed by atoms with Gasteiger partial charge in [-0.15, -0.1) is 0 Å². The topological polar surface area (TPSA) is 40.6 Å². The van der Waals surface area contributed by atoms with Gasteiger partial charge in [0.05, 0.1) is 11.4 Å². The maximum atomic E-state index is 12.6. The van der Waals surface area contributed by atoms with Crippen LogP contribution in [0.25, 0.3) is 0 Å². The molecule has 1 aliphatic heterocycles. The van der Waals surface area contributed by atoms with Gasteiger partial charge in [0, 0.05) is 17.6 Å². The average Bonchev–Trinajstić information content (AvgIpc) is 2.51. The van der Waals surface area contributed by atoms with Crippen molar-refractivity contribution in [2.45, 2.75) is 0 Å². The van der Waals surface area contributed by atoms with Crippen LogP contribution in [-0.2, 0) is 4.79 Å². The summed E-state index contributed by atoms with van der Waals surface area (Å²) in [6.45, 7) is 0.0367. The minimum atomic E-state index is -0.208. The Morgan fingerprint density at radius 1 is 1.05 bits per heavy atom. The Balaban J connectivity index is 2.02. The van der Waals surface area contributed by atoms with Gasteiger partial charge in [0.25, 0.3) is 5.91 Å². The van der Waals surface area contributed by atoms with Gasteiger partial charge in [-0.2, -0.15) is 0 Å². The van der Waals surface area contributed by atoms with Crippen LogP contribution >= 0.6 is 11.6 Å². The van der Waals surface area contributed by atoms with E-state index in [4.69, 9.17) is 11.6 Å². The summed E-state index contributed by atoms with van der Waals surface area (Å²) >= 11 is 5.84. The monoisotopic (exact) mass is 300 g/mol. The van der Waals surface area contributed by atoms with E-state index in [0.29, 0.717) is 10.6 Å². The van der Waals surface area contributed by atoms with Crippen molar-refractivity contribution in [1.82, 2.24) is 0 Å². The predicted molar refractivity (Wildman–Crippen MR) is 83.0 cm³/mol. The van der Waals surface area contributed by atoms with Crippen LogP contribution in [0.1, 0.15) is 10.4 Å². The summed E-state index contributed by atoms with van der Waals surface area (Å²) in [6.07, 6.45) is 0. The van der Waals surface area contributed by atoms with E-state index in [2.05, 4.69) is 0 Å². The molecule has 106 valence electrons. The molecular formula is C16H13ClN2O2. The molecule has 0 unspecified atom stereocenters. The SMILES string of the molecule is CN1C(=O)CN(C(=O)c2ccc(Cl)cc2)c2ccccc21. The fraction of sp³-hybridized carbons (Fsp3) is 0.125. The zero-order valence-electron chi connectivity index (χ0n) is 11.4. The number of para-hydroxylation sites is 2. The number of nitrogens with zero attached hydrogens (tertiary/aromatic N) is 2. The van der Waals surface area contributed by atoms with Crippen LogP contribution in [0, 0.1) is 0 Å². The van der Waals surface area contributed by atoms with Crippen molar-refractivity contribution in [3.8, 4) is 0 Å². The van der Waals surface area contributed by atoms with Crippen molar-refractivity contribution in [1.29, 1.82) is 0 Å². The lowest BCUT2D eigenvalue weighted by atomic mass is 10.1. The molecule has 0 saturated heterocycles. The summed E-state index contributed by atoms with van der Waals surface area (Å²) in [7, 11) is 1.71. The fourth-order valence-corrected chi connectivity index (χ4v) is 2.49. The number of hydrogen-bond acceptors (Lipinski definition) is 2. The summed E-state index contributed by atoms with van der Waals surface area (Å²) in [5, 5.41) is 0.571. The zero-order valence-corrected chi connectivity index (χ0v) is 12.2. The van der Waals surface area contributed by atoms with Gasteiger partial charge < -0.3 is 4.90 Å². The first-order valence-corrected chi connectivity index (χ1v) is 6.89. The third-order valence-corrected chi connectivity index (χ3v) is 3.79.